The van der Waals surface area contributed by atoms with Crippen LogP contribution in [0.3, 0.4) is 0 Å². The smallest absolute Gasteiger partial charge is 0.153 e. The molecule has 0 bridgehead atoms. The lowest BCUT2D eigenvalue weighted by molar-refractivity contribution is 0.111. The van der Waals surface area contributed by atoms with Crippen LogP contribution in [0.1, 0.15) is 29.3 Å². The van der Waals surface area contributed by atoms with Gasteiger partial charge in [-0.2, -0.15) is 0 Å². The molecule has 0 aromatic heterocycles. The number of rotatable bonds is 7. The molecule has 0 spiro atoms. The van der Waals surface area contributed by atoms with Gasteiger partial charge in [0.05, 0.1) is 12.2 Å². The minimum absolute atomic E-state index is 0.426. The third kappa shape index (κ3) is 4.74. The van der Waals surface area contributed by atoms with Crippen LogP contribution in [0.4, 0.5) is 0 Å². The molecule has 110 valence electrons. The van der Waals surface area contributed by atoms with Gasteiger partial charge in [0.1, 0.15) is 18.1 Å². The Balaban J connectivity index is 2.09. The van der Waals surface area contributed by atoms with Crippen LogP contribution in [0.5, 0.6) is 11.5 Å². The topological polar surface area (TPSA) is 35.5 Å². The standard InChI is InChI=1S/C17H17IO3/c1-2-9-20-16-8-5-14(11-19)17(10-16)21-12-13-3-6-15(18)7-4-13/h3-8,10-11H,2,9,12H2,1H3. The lowest BCUT2D eigenvalue weighted by Gasteiger charge is -2.11. The van der Waals surface area contributed by atoms with Crippen molar-refractivity contribution in [1.82, 2.24) is 0 Å². The highest BCUT2D eigenvalue weighted by atomic mass is 127. The Hall–Kier alpha value is -1.56. The van der Waals surface area contributed by atoms with E-state index in [1.54, 1.807) is 18.2 Å². The van der Waals surface area contributed by atoms with Gasteiger partial charge in [0.15, 0.2) is 6.29 Å². The number of halogens is 1. The fourth-order valence-electron chi connectivity index (χ4n) is 1.79. The number of carbonyl (C=O) groups excluding carboxylic acids is 1. The lowest BCUT2D eigenvalue weighted by atomic mass is 10.2. The Kier molecular flexibility index (Phi) is 6.04. The van der Waals surface area contributed by atoms with Gasteiger partial charge in [-0.25, -0.2) is 0 Å². The zero-order valence-electron chi connectivity index (χ0n) is 11.8. The molecular formula is C17H17IO3. The summed E-state index contributed by atoms with van der Waals surface area (Å²) >= 11 is 2.26. The molecule has 3 nitrogen and oxygen atoms in total. The normalized spacial score (nSPS) is 10.2. The second kappa shape index (κ2) is 8.02. The zero-order chi connectivity index (χ0) is 15.1. The maximum absolute atomic E-state index is 11.1. The quantitative estimate of drug-likeness (QED) is 0.512. The highest BCUT2D eigenvalue weighted by molar-refractivity contribution is 14.1. The summed E-state index contributed by atoms with van der Waals surface area (Å²) in [5.41, 5.74) is 1.59. The highest BCUT2D eigenvalue weighted by Crippen LogP contribution is 2.25. The van der Waals surface area contributed by atoms with Crippen molar-refractivity contribution in [2.24, 2.45) is 0 Å². The first-order chi connectivity index (χ1) is 10.2. The molecule has 2 aromatic rings. The van der Waals surface area contributed by atoms with Crippen molar-refractivity contribution in [2.45, 2.75) is 20.0 Å². The molecule has 0 radical (unpaired) electrons. The Morgan fingerprint density at radius 3 is 2.52 bits per heavy atom. The van der Waals surface area contributed by atoms with Gasteiger partial charge in [0, 0.05) is 9.64 Å². The number of hydrogen-bond donors (Lipinski definition) is 0. The average molecular weight is 396 g/mol. The Bertz CT molecular complexity index is 593. The van der Waals surface area contributed by atoms with Crippen LogP contribution >= 0.6 is 22.6 Å². The maximum atomic E-state index is 11.1. The van der Waals surface area contributed by atoms with Crippen molar-refractivity contribution in [2.75, 3.05) is 6.61 Å². The van der Waals surface area contributed by atoms with E-state index in [1.807, 2.05) is 31.2 Å². The molecule has 0 aliphatic rings. The predicted molar refractivity (Wildman–Crippen MR) is 91.1 cm³/mol. The molecule has 2 rings (SSSR count). The molecule has 0 N–H and O–H groups in total. The summed E-state index contributed by atoms with van der Waals surface area (Å²) in [6, 6.07) is 13.4. The second-order valence-electron chi connectivity index (χ2n) is 4.58. The number of benzene rings is 2. The molecule has 0 amide bonds. The SMILES string of the molecule is CCCOc1ccc(C=O)c(OCc2ccc(I)cc2)c1. The average Bonchev–Trinajstić information content (AvgIpc) is 2.52. The van der Waals surface area contributed by atoms with E-state index in [2.05, 4.69) is 22.6 Å². The van der Waals surface area contributed by atoms with Gasteiger partial charge in [0.2, 0.25) is 0 Å². The molecule has 21 heavy (non-hydrogen) atoms. The Morgan fingerprint density at radius 1 is 1.10 bits per heavy atom. The van der Waals surface area contributed by atoms with Crippen LogP contribution in [0.2, 0.25) is 0 Å². The van der Waals surface area contributed by atoms with Crippen molar-refractivity contribution in [1.29, 1.82) is 0 Å². The minimum Gasteiger partial charge on any atom is -0.493 e. The molecule has 0 aliphatic carbocycles. The summed E-state index contributed by atoms with van der Waals surface area (Å²) in [4.78, 5) is 11.1. The van der Waals surface area contributed by atoms with E-state index in [0.29, 0.717) is 24.5 Å². The van der Waals surface area contributed by atoms with Gasteiger partial charge in [0.25, 0.3) is 0 Å². The van der Waals surface area contributed by atoms with Gasteiger partial charge in [-0.3, -0.25) is 4.79 Å². The number of carbonyl (C=O) groups is 1. The molecule has 0 aliphatic heterocycles. The van der Waals surface area contributed by atoms with Crippen molar-refractivity contribution in [3.8, 4) is 11.5 Å². The summed E-state index contributed by atoms with van der Waals surface area (Å²) < 4.78 is 12.5. The Morgan fingerprint density at radius 2 is 1.86 bits per heavy atom. The van der Waals surface area contributed by atoms with Crippen LogP contribution in [-0.4, -0.2) is 12.9 Å². The van der Waals surface area contributed by atoms with Crippen molar-refractivity contribution in [3.05, 3.63) is 57.2 Å². The molecule has 0 saturated heterocycles. The molecule has 0 unspecified atom stereocenters. The van der Waals surface area contributed by atoms with Gasteiger partial charge < -0.3 is 9.47 Å². The molecule has 0 saturated carbocycles. The van der Waals surface area contributed by atoms with E-state index < -0.39 is 0 Å². The van der Waals surface area contributed by atoms with Crippen LogP contribution in [0.25, 0.3) is 0 Å². The van der Waals surface area contributed by atoms with E-state index in [0.717, 1.165) is 24.0 Å². The zero-order valence-corrected chi connectivity index (χ0v) is 14.0. The van der Waals surface area contributed by atoms with Crippen LogP contribution < -0.4 is 9.47 Å². The first-order valence-corrected chi connectivity index (χ1v) is 7.90. The van der Waals surface area contributed by atoms with Crippen molar-refractivity contribution >= 4 is 28.9 Å². The highest BCUT2D eigenvalue weighted by Gasteiger charge is 2.06. The minimum atomic E-state index is 0.426. The Labute approximate surface area is 138 Å². The molecule has 4 heteroatoms. The summed E-state index contributed by atoms with van der Waals surface area (Å²) in [6.45, 7) is 3.12. The van der Waals surface area contributed by atoms with Gasteiger partial charge in [-0.1, -0.05) is 19.1 Å². The van der Waals surface area contributed by atoms with E-state index >= 15 is 0 Å². The van der Waals surface area contributed by atoms with Crippen LogP contribution in [0.15, 0.2) is 42.5 Å². The van der Waals surface area contributed by atoms with Crippen LogP contribution in [-0.2, 0) is 6.61 Å². The monoisotopic (exact) mass is 396 g/mol. The second-order valence-corrected chi connectivity index (χ2v) is 5.83. The third-order valence-corrected chi connectivity index (χ3v) is 3.61. The predicted octanol–water partition coefficient (Wildman–Crippen LogP) is 4.47. The fourth-order valence-corrected chi connectivity index (χ4v) is 2.15. The number of aldehydes is 1. The molecule has 0 heterocycles. The van der Waals surface area contributed by atoms with Crippen molar-refractivity contribution in [3.63, 3.8) is 0 Å². The molecule has 0 fully saturated rings. The molecular weight excluding hydrogens is 379 g/mol. The largest absolute Gasteiger partial charge is 0.493 e. The van der Waals surface area contributed by atoms with Crippen molar-refractivity contribution < 1.29 is 14.3 Å². The summed E-state index contributed by atoms with van der Waals surface area (Å²) in [7, 11) is 0. The summed E-state index contributed by atoms with van der Waals surface area (Å²) in [5, 5.41) is 0. The fraction of sp³-hybridized carbons (Fsp3) is 0.235. The van der Waals surface area contributed by atoms with Gasteiger partial charge >= 0.3 is 0 Å². The first kappa shape index (κ1) is 15.8. The van der Waals surface area contributed by atoms with E-state index in [-0.39, 0.29) is 0 Å². The third-order valence-electron chi connectivity index (χ3n) is 2.89. The molecule has 0 atom stereocenters. The van der Waals surface area contributed by atoms with E-state index in [1.165, 1.54) is 3.57 Å². The van der Waals surface area contributed by atoms with E-state index in [4.69, 9.17) is 9.47 Å². The lowest BCUT2D eigenvalue weighted by Crippen LogP contribution is -2.00. The van der Waals surface area contributed by atoms with Gasteiger partial charge in [-0.05, 0) is 58.8 Å². The summed E-state index contributed by atoms with van der Waals surface area (Å²) in [6.07, 6.45) is 1.74. The van der Waals surface area contributed by atoms with Crippen LogP contribution in [0, 0.1) is 3.57 Å². The van der Waals surface area contributed by atoms with Gasteiger partial charge in [-0.15, -0.1) is 0 Å². The summed E-state index contributed by atoms with van der Waals surface area (Å²) in [5.74, 6) is 1.28. The maximum Gasteiger partial charge on any atom is 0.153 e. The first-order valence-electron chi connectivity index (χ1n) is 6.82. The van der Waals surface area contributed by atoms with E-state index in [9.17, 15) is 4.79 Å². The number of ether oxygens (including phenoxy) is 2. The molecule has 2 aromatic carbocycles. The number of hydrogen-bond acceptors (Lipinski definition) is 3.